The molecule has 0 aliphatic carbocycles. The Hall–Kier alpha value is -3.36. The quantitative estimate of drug-likeness (QED) is 0.296. The number of aliphatic imine (C=N–C) groups is 1. The number of guanidine groups is 1. The summed E-state index contributed by atoms with van der Waals surface area (Å²) in [6.45, 7) is 4.92. The number of benzene rings is 1. The minimum Gasteiger partial charge on any atom is -0.497 e. The first kappa shape index (κ1) is 19.4. The molecule has 3 N–H and O–H groups in total. The highest BCUT2D eigenvalue weighted by Gasteiger charge is 2.06. The standard InChI is InChI=1S/C19H26N8O/c1-3-20-19(21-10-4-12-27-13-5-11-23-27)22-14-17-24-18(26-25-17)15-6-8-16(28-2)9-7-15/h5-9,11,13H,3-4,10,12,14H2,1-2H3,(H2,20,21,22)(H,24,25,26). The van der Waals surface area contributed by atoms with E-state index in [0.29, 0.717) is 18.2 Å². The Morgan fingerprint density at radius 1 is 1.25 bits per heavy atom. The lowest BCUT2D eigenvalue weighted by Gasteiger charge is -2.10. The van der Waals surface area contributed by atoms with Crippen LogP contribution in [0.25, 0.3) is 11.4 Å². The van der Waals surface area contributed by atoms with Gasteiger partial charge in [0.05, 0.1) is 7.11 Å². The third-order valence-corrected chi connectivity index (χ3v) is 4.03. The second kappa shape index (κ2) is 10.1. The number of rotatable bonds is 9. The van der Waals surface area contributed by atoms with Crippen molar-refractivity contribution in [1.82, 2.24) is 35.6 Å². The van der Waals surface area contributed by atoms with Gasteiger partial charge < -0.3 is 15.4 Å². The molecule has 9 heteroatoms. The zero-order chi connectivity index (χ0) is 19.6. The van der Waals surface area contributed by atoms with Gasteiger partial charge in [0.25, 0.3) is 0 Å². The summed E-state index contributed by atoms with van der Waals surface area (Å²) in [5.74, 6) is 2.91. The van der Waals surface area contributed by atoms with E-state index in [1.165, 1.54) is 0 Å². The van der Waals surface area contributed by atoms with E-state index in [9.17, 15) is 0 Å². The SMILES string of the molecule is CCNC(=NCc1nc(-c2ccc(OC)cc2)n[nH]1)NCCCn1cccn1. The van der Waals surface area contributed by atoms with Gasteiger partial charge in [0.15, 0.2) is 11.8 Å². The number of nitrogens with zero attached hydrogens (tertiary/aromatic N) is 5. The third kappa shape index (κ3) is 5.57. The van der Waals surface area contributed by atoms with Crippen molar-refractivity contribution in [3.63, 3.8) is 0 Å². The highest BCUT2D eigenvalue weighted by atomic mass is 16.5. The molecule has 148 valence electrons. The molecule has 0 radical (unpaired) electrons. The van der Waals surface area contributed by atoms with Crippen LogP contribution in [0.15, 0.2) is 47.7 Å². The third-order valence-electron chi connectivity index (χ3n) is 4.03. The van der Waals surface area contributed by atoms with Crippen molar-refractivity contribution in [3.05, 3.63) is 48.5 Å². The van der Waals surface area contributed by atoms with Gasteiger partial charge in [-0.05, 0) is 43.7 Å². The molecule has 2 aromatic heterocycles. The molecule has 0 fully saturated rings. The Balaban J connectivity index is 1.52. The van der Waals surface area contributed by atoms with Crippen LogP contribution >= 0.6 is 0 Å². The number of hydrogen-bond acceptors (Lipinski definition) is 5. The molecular weight excluding hydrogens is 356 g/mol. The number of aryl methyl sites for hydroxylation is 1. The topological polar surface area (TPSA) is 105 Å². The van der Waals surface area contributed by atoms with Crippen molar-refractivity contribution < 1.29 is 4.74 Å². The Morgan fingerprint density at radius 3 is 2.82 bits per heavy atom. The summed E-state index contributed by atoms with van der Waals surface area (Å²) in [5, 5.41) is 18.0. The summed E-state index contributed by atoms with van der Waals surface area (Å²) in [7, 11) is 1.64. The monoisotopic (exact) mass is 382 g/mol. The van der Waals surface area contributed by atoms with Gasteiger partial charge in [-0.1, -0.05) is 0 Å². The fraction of sp³-hybridized carbons (Fsp3) is 0.368. The summed E-state index contributed by atoms with van der Waals surface area (Å²) in [5.41, 5.74) is 0.927. The first-order chi connectivity index (χ1) is 13.8. The fourth-order valence-corrected chi connectivity index (χ4v) is 2.61. The molecule has 0 unspecified atom stereocenters. The molecule has 28 heavy (non-hydrogen) atoms. The maximum Gasteiger partial charge on any atom is 0.191 e. The smallest absolute Gasteiger partial charge is 0.191 e. The lowest BCUT2D eigenvalue weighted by molar-refractivity contribution is 0.415. The molecule has 0 amide bonds. The van der Waals surface area contributed by atoms with Crippen molar-refractivity contribution in [2.45, 2.75) is 26.4 Å². The molecule has 0 bridgehead atoms. The summed E-state index contributed by atoms with van der Waals surface area (Å²) < 4.78 is 7.09. The van der Waals surface area contributed by atoms with Crippen LogP contribution in [0, 0.1) is 0 Å². The van der Waals surface area contributed by atoms with Crippen LogP contribution in [0.3, 0.4) is 0 Å². The van der Waals surface area contributed by atoms with Crippen LogP contribution in [0.2, 0.25) is 0 Å². The number of hydrogen-bond donors (Lipinski definition) is 3. The number of aromatic amines is 1. The predicted octanol–water partition coefficient (Wildman–Crippen LogP) is 1.82. The molecule has 9 nitrogen and oxygen atoms in total. The summed E-state index contributed by atoms with van der Waals surface area (Å²) in [6, 6.07) is 9.57. The van der Waals surface area contributed by atoms with Crippen LogP contribution in [0.5, 0.6) is 5.75 Å². The molecule has 2 heterocycles. The highest BCUT2D eigenvalue weighted by molar-refractivity contribution is 5.79. The van der Waals surface area contributed by atoms with Crippen LogP contribution < -0.4 is 15.4 Å². The molecule has 0 saturated heterocycles. The van der Waals surface area contributed by atoms with Gasteiger partial charge in [-0.15, -0.1) is 0 Å². The first-order valence-electron chi connectivity index (χ1n) is 9.34. The highest BCUT2D eigenvalue weighted by Crippen LogP contribution is 2.18. The molecular formula is C19H26N8O. The summed E-state index contributed by atoms with van der Waals surface area (Å²) >= 11 is 0. The molecule has 3 aromatic rings. The lowest BCUT2D eigenvalue weighted by atomic mass is 10.2. The normalized spacial score (nSPS) is 11.4. The number of nitrogens with one attached hydrogen (secondary N) is 3. The minimum absolute atomic E-state index is 0.414. The minimum atomic E-state index is 0.414. The van der Waals surface area contributed by atoms with Crippen molar-refractivity contribution >= 4 is 5.96 Å². The maximum absolute atomic E-state index is 5.17. The van der Waals surface area contributed by atoms with E-state index >= 15 is 0 Å². The molecule has 0 spiro atoms. The molecule has 3 rings (SSSR count). The average Bonchev–Trinajstić information content (AvgIpc) is 3.41. The van der Waals surface area contributed by atoms with Crippen molar-refractivity contribution in [1.29, 1.82) is 0 Å². The molecule has 1 aromatic carbocycles. The Kier molecular flexibility index (Phi) is 7.00. The fourth-order valence-electron chi connectivity index (χ4n) is 2.61. The van der Waals surface area contributed by atoms with Crippen molar-refractivity contribution in [2.24, 2.45) is 4.99 Å². The Bertz CT molecular complexity index is 854. The van der Waals surface area contributed by atoms with Gasteiger partial charge in [-0.3, -0.25) is 9.78 Å². The van der Waals surface area contributed by atoms with Crippen LogP contribution in [-0.4, -0.2) is 51.1 Å². The lowest BCUT2D eigenvalue weighted by Crippen LogP contribution is -2.38. The predicted molar refractivity (Wildman–Crippen MR) is 108 cm³/mol. The zero-order valence-electron chi connectivity index (χ0n) is 16.2. The second-order valence-corrected chi connectivity index (χ2v) is 6.08. The first-order valence-corrected chi connectivity index (χ1v) is 9.34. The van der Waals surface area contributed by atoms with Gasteiger partial charge in [-0.2, -0.15) is 10.2 Å². The molecule has 0 saturated carbocycles. The summed E-state index contributed by atoms with van der Waals surface area (Å²) in [6.07, 6.45) is 4.70. The van der Waals surface area contributed by atoms with Gasteiger partial charge in [0, 0.05) is 37.6 Å². The van der Waals surface area contributed by atoms with Gasteiger partial charge in [-0.25, -0.2) is 9.98 Å². The van der Waals surface area contributed by atoms with E-state index in [2.05, 4.69) is 35.9 Å². The van der Waals surface area contributed by atoms with E-state index in [4.69, 9.17) is 4.74 Å². The van der Waals surface area contributed by atoms with Crippen molar-refractivity contribution in [3.8, 4) is 17.1 Å². The van der Waals surface area contributed by atoms with Crippen molar-refractivity contribution in [2.75, 3.05) is 20.2 Å². The van der Waals surface area contributed by atoms with Crippen LogP contribution in [0.1, 0.15) is 19.2 Å². The molecule has 0 aliphatic rings. The molecule has 0 atom stereocenters. The summed E-state index contributed by atoms with van der Waals surface area (Å²) in [4.78, 5) is 9.09. The van der Waals surface area contributed by atoms with E-state index in [1.807, 2.05) is 48.1 Å². The number of methoxy groups -OCH3 is 1. The van der Waals surface area contributed by atoms with Crippen LogP contribution in [-0.2, 0) is 13.1 Å². The largest absolute Gasteiger partial charge is 0.497 e. The van der Waals surface area contributed by atoms with E-state index in [-0.39, 0.29) is 0 Å². The Labute approximate surface area is 164 Å². The average molecular weight is 382 g/mol. The zero-order valence-corrected chi connectivity index (χ0v) is 16.2. The second-order valence-electron chi connectivity index (χ2n) is 6.08. The van der Waals surface area contributed by atoms with Gasteiger partial charge in [0.2, 0.25) is 0 Å². The maximum atomic E-state index is 5.17. The van der Waals surface area contributed by atoms with E-state index in [0.717, 1.165) is 43.3 Å². The number of ether oxygens (including phenoxy) is 1. The van der Waals surface area contributed by atoms with Gasteiger partial charge in [0.1, 0.15) is 18.1 Å². The number of H-pyrrole nitrogens is 1. The van der Waals surface area contributed by atoms with Crippen LogP contribution in [0.4, 0.5) is 0 Å². The number of aromatic nitrogens is 5. The van der Waals surface area contributed by atoms with E-state index < -0.39 is 0 Å². The van der Waals surface area contributed by atoms with Gasteiger partial charge >= 0.3 is 0 Å². The van der Waals surface area contributed by atoms with E-state index in [1.54, 1.807) is 13.3 Å². The Morgan fingerprint density at radius 2 is 2.11 bits per heavy atom. The molecule has 0 aliphatic heterocycles.